The average molecular weight is 266 g/mol. The molecule has 18 heavy (non-hydrogen) atoms. The van der Waals surface area contributed by atoms with E-state index in [0.29, 0.717) is 16.7 Å². The second-order valence-corrected chi connectivity index (χ2v) is 5.25. The smallest absolute Gasteiger partial charge is 0.166 e. The molecule has 0 spiro atoms. The summed E-state index contributed by atoms with van der Waals surface area (Å²) in [4.78, 5) is 0. The molecule has 1 fully saturated rings. The van der Waals surface area contributed by atoms with Crippen LogP contribution in [-0.2, 0) is 0 Å². The van der Waals surface area contributed by atoms with Gasteiger partial charge >= 0.3 is 0 Å². The molecule has 0 aromatic heterocycles. The number of nitrogens with one attached hydrogen (secondary N) is 2. The molecule has 2 rings (SSSR count). The SMILES string of the molecule is CC(NC(=S)NC1CCCC1)c1ccccc1F. The molecular weight excluding hydrogens is 247 g/mol. The Balaban J connectivity index is 1.88. The number of benzene rings is 1. The van der Waals surface area contributed by atoms with Crippen molar-refractivity contribution in [2.75, 3.05) is 0 Å². The molecule has 0 heterocycles. The summed E-state index contributed by atoms with van der Waals surface area (Å²) in [5.74, 6) is -0.193. The van der Waals surface area contributed by atoms with E-state index in [9.17, 15) is 4.39 Å². The predicted molar refractivity (Wildman–Crippen MR) is 75.9 cm³/mol. The number of hydrogen-bond acceptors (Lipinski definition) is 1. The summed E-state index contributed by atoms with van der Waals surface area (Å²) in [6.07, 6.45) is 4.89. The molecule has 1 aliphatic carbocycles. The van der Waals surface area contributed by atoms with Crippen LogP contribution >= 0.6 is 12.2 Å². The molecule has 4 heteroatoms. The minimum absolute atomic E-state index is 0.118. The fourth-order valence-electron chi connectivity index (χ4n) is 2.40. The zero-order chi connectivity index (χ0) is 13.0. The van der Waals surface area contributed by atoms with Crippen LogP contribution in [0.1, 0.15) is 44.2 Å². The van der Waals surface area contributed by atoms with Crippen LogP contribution in [-0.4, -0.2) is 11.2 Å². The topological polar surface area (TPSA) is 24.1 Å². The lowest BCUT2D eigenvalue weighted by Gasteiger charge is -2.20. The van der Waals surface area contributed by atoms with Gasteiger partial charge in [-0.2, -0.15) is 0 Å². The number of hydrogen-bond donors (Lipinski definition) is 2. The third-order valence-electron chi connectivity index (χ3n) is 3.41. The molecule has 1 atom stereocenters. The van der Waals surface area contributed by atoms with Crippen molar-refractivity contribution in [2.45, 2.75) is 44.7 Å². The maximum Gasteiger partial charge on any atom is 0.166 e. The number of halogens is 1. The van der Waals surface area contributed by atoms with Gasteiger partial charge in [-0.1, -0.05) is 31.0 Å². The molecule has 0 saturated heterocycles. The van der Waals surface area contributed by atoms with Gasteiger partial charge in [0.25, 0.3) is 0 Å². The Hall–Kier alpha value is -1.16. The molecule has 2 nitrogen and oxygen atoms in total. The zero-order valence-corrected chi connectivity index (χ0v) is 11.4. The summed E-state index contributed by atoms with van der Waals surface area (Å²) >= 11 is 5.27. The summed E-state index contributed by atoms with van der Waals surface area (Å²) in [5.41, 5.74) is 0.646. The van der Waals surface area contributed by atoms with Crippen LogP contribution in [0, 0.1) is 5.82 Å². The number of thiocarbonyl (C=S) groups is 1. The predicted octanol–water partition coefficient (Wildman–Crippen LogP) is 3.29. The van der Waals surface area contributed by atoms with Gasteiger partial charge in [0.15, 0.2) is 5.11 Å². The van der Waals surface area contributed by atoms with E-state index in [-0.39, 0.29) is 11.9 Å². The molecule has 1 unspecified atom stereocenters. The summed E-state index contributed by atoms with van der Waals surface area (Å²) < 4.78 is 13.6. The van der Waals surface area contributed by atoms with Gasteiger partial charge in [-0.3, -0.25) is 0 Å². The minimum Gasteiger partial charge on any atom is -0.360 e. The molecule has 0 amide bonds. The largest absolute Gasteiger partial charge is 0.360 e. The summed E-state index contributed by atoms with van der Waals surface area (Å²) in [5, 5.41) is 7.06. The molecule has 0 radical (unpaired) electrons. The highest BCUT2D eigenvalue weighted by atomic mass is 32.1. The first-order valence-corrected chi connectivity index (χ1v) is 6.89. The van der Waals surface area contributed by atoms with Crippen molar-refractivity contribution >= 4 is 17.3 Å². The fraction of sp³-hybridized carbons (Fsp3) is 0.500. The van der Waals surface area contributed by atoms with Gasteiger partial charge in [-0.05, 0) is 38.0 Å². The van der Waals surface area contributed by atoms with Crippen LogP contribution in [0.4, 0.5) is 4.39 Å². The van der Waals surface area contributed by atoms with Gasteiger partial charge in [0.1, 0.15) is 5.82 Å². The Kier molecular flexibility index (Phi) is 4.53. The Morgan fingerprint density at radius 3 is 2.67 bits per heavy atom. The van der Waals surface area contributed by atoms with E-state index in [1.807, 2.05) is 13.0 Å². The Morgan fingerprint density at radius 1 is 1.33 bits per heavy atom. The fourth-order valence-corrected chi connectivity index (χ4v) is 2.74. The van der Waals surface area contributed by atoms with Crippen LogP contribution in [0.3, 0.4) is 0 Å². The quantitative estimate of drug-likeness (QED) is 0.821. The van der Waals surface area contributed by atoms with Crippen LogP contribution in [0.2, 0.25) is 0 Å². The van der Waals surface area contributed by atoms with Crippen LogP contribution in [0.25, 0.3) is 0 Å². The summed E-state index contributed by atoms with van der Waals surface area (Å²) in [7, 11) is 0. The molecule has 98 valence electrons. The molecule has 0 aliphatic heterocycles. The van der Waals surface area contributed by atoms with Gasteiger partial charge in [0, 0.05) is 11.6 Å². The zero-order valence-electron chi connectivity index (χ0n) is 10.6. The Labute approximate surface area is 113 Å². The van der Waals surface area contributed by atoms with Crippen molar-refractivity contribution in [3.63, 3.8) is 0 Å². The molecule has 0 bridgehead atoms. The van der Waals surface area contributed by atoms with E-state index < -0.39 is 0 Å². The van der Waals surface area contributed by atoms with Crippen molar-refractivity contribution in [1.82, 2.24) is 10.6 Å². The normalized spacial score (nSPS) is 17.4. The first-order chi connectivity index (χ1) is 8.66. The van der Waals surface area contributed by atoms with Crippen molar-refractivity contribution in [3.8, 4) is 0 Å². The highest BCUT2D eigenvalue weighted by Crippen LogP contribution is 2.18. The maximum atomic E-state index is 13.6. The first kappa shape index (κ1) is 13.3. The monoisotopic (exact) mass is 266 g/mol. The average Bonchev–Trinajstić information content (AvgIpc) is 2.82. The highest BCUT2D eigenvalue weighted by Gasteiger charge is 2.17. The molecule has 1 saturated carbocycles. The van der Waals surface area contributed by atoms with Crippen molar-refractivity contribution in [2.24, 2.45) is 0 Å². The third kappa shape index (κ3) is 3.42. The van der Waals surface area contributed by atoms with E-state index in [1.165, 1.54) is 31.7 Å². The van der Waals surface area contributed by atoms with E-state index in [4.69, 9.17) is 12.2 Å². The van der Waals surface area contributed by atoms with E-state index in [1.54, 1.807) is 12.1 Å². The van der Waals surface area contributed by atoms with Gasteiger partial charge in [-0.15, -0.1) is 0 Å². The van der Waals surface area contributed by atoms with Crippen LogP contribution in [0.15, 0.2) is 24.3 Å². The van der Waals surface area contributed by atoms with Gasteiger partial charge in [-0.25, -0.2) is 4.39 Å². The van der Waals surface area contributed by atoms with E-state index in [0.717, 1.165) is 0 Å². The van der Waals surface area contributed by atoms with Crippen molar-refractivity contribution in [1.29, 1.82) is 0 Å². The Morgan fingerprint density at radius 2 is 2.00 bits per heavy atom. The standard InChI is InChI=1S/C14H19FN2S/c1-10(12-8-4-5-9-13(12)15)16-14(18)17-11-6-2-3-7-11/h4-5,8-11H,2-3,6-7H2,1H3,(H2,16,17,18). The molecule has 1 aliphatic rings. The van der Waals surface area contributed by atoms with E-state index >= 15 is 0 Å². The second kappa shape index (κ2) is 6.14. The summed E-state index contributed by atoms with van der Waals surface area (Å²) in [6, 6.07) is 7.15. The van der Waals surface area contributed by atoms with E-state index in [2.05, 4.69) is 10.6 Å². The lowest BCUT2D eigenvalue weighted by Crippen LogP contribution is -2.41. The summed E-state index contributed by atoms with van der Waals surface area (Å²) in [6.45, 7) is 1.92. The maximum absolute atomic E-state index is 13.6. The highest BCUT2D eigenvalue weighted by molar-refractivity contribution is 7.80. The van der Waals surface area contributed by atoms with Gasteiger partial charge < -0.3 is 10.6 Å². The van der Waals surface area contributed by atoms with Gasteiger partial charge in [0.05, 0.1) is 6.04 Å². The molecule has 2 N–H and O–H groups in total. The lowest BCUT2D eigenvalue weighted by molar-refractivity contribution is 0.567. The molecule has 1 aromatic rings. The Bertz CT molecular complexity index is 416. The van der Waals surface area contributed by atoms with Crippen LogP contribution in [0.5, 0.6) is 0 Å². The van der Waals surface area contributed by atoms with Gasteiger partial charge in [0.2, 0.25) is 0 Å². The minimum atomic E-state index is -0.193. The lowest BCUT2D eigenvalue weighted by atomic mass is 10.1. The third-order valence-corrected chi connectivity index (χ3v) is 3.65. The first-order valence-electron chi connectivity index (χ1n) is 6.48. The molecular formula is C14H19FN2S. The van der Waals surface area contributed by atoms with Crippen molar-refractivity contribution in [3.05, 3.63) is 35.6 Å². The number of rotatable bonds is 3. The van der Waals surface area contributed by atoms with Crippen molar-refractivity contribution < 1.29 is 4.39 Å². The molecule has 1 aromatic carbocycles. The second-order valence-electron chi connectivity index (χ2n) is 4.84. The van der Waals surface area contributed by atoms with Crippen LogP contribution < -0.4 is 10.6 Å².